The lowest BCUT2D eigenvalue weighted by molar-refractivity contribution is -0.138. The lowest BCUT2D eigenvalue weighted by atomic mass is 9.97. The van der Waals surface area contributed by atoms with E-state index in [-0.39, 0.29) is 26.2 Å². The third-order valence-corrected chi connectivity index (χ3v) is 5.60. The molecule has 31 heavy (non-hydrogen) atoms. The standard InChI is InChI=1S/C21H20ClF4N3O2/c22-17-4-2-1-3-14(17)19(18(27)12-30)28-7-9-29(10-8-28)20(31)15-11-13(23)5-6-16(15)21(24,25)26/h1-6,11-12,18-19H,7-10,27H2. The first-order valence-corrected chi connectivity index (χ1v) is 9.86. The zero-order chi connectivity index (χ0) is 22.8. The van der Waals surface area contributed by atoms with Gasteiger partial charge in [0.25, 0.3) is 5.91 Å². The fourth-order valence-corrected chi connectivity index (χ4v) is 4.00. The molecule has 1 saturated heterocycles. The van der Waals surface area contributed by atoms with E-state index in [2.05, 4.69) is 0 Å². The summed E-state index contributed by atoms with van der Waals surface area (Å²) in [6.07, 6.45) is -4.18. The van der Waals surface area contributed by atoms with Crippen molar-refractivity contribution in [1.29, 1.82) is 0 Å². The molecule has 2 unspecified atom stereocenters. The van der Waals surface area contributed by atoms with Crippen LogP contribution in [0, 0.1) is 5.82 Å². The maximum Gasteiger partial charge on any atom is 0.417 e. The monoisotopic (exact) mass is 457 g/mol. The summed E-state index contributed by atoms with van der Waals surface area (Å²) in [6.45, 7) is 0.665. The summed E-state index contributed by atoms with van der Waals surface area (Å²) in [7, 11) is 0. The lowest BCUT2D eigenvalue weighted by Gasteiger charge is -2.41. The molecule has 1 heterocycles. The molecule has 2 atom stereocenters. The largest absolute Gasteiger partial charge is 0.417 e. The predicted octanol–water partition coefficient (Wildman–Crippen LogP) is 3.52. The summed E-state index contributed by atoms with van der Waals surface area (Å²) in [4.78, 5) is 27.2. The van der Waals surface area contributed by atoms with Crippen molar-refractivity contribution in [2.24, 2.45) is 5.73 Å². The number of benzene rings is 2. The number of nitrogens with zero attached hydrogens (tertiary/aromatic N) is 2. The fourth-order valence-electron chi connectivity index (χ4n) is 3.75. The third kappa shape index (κ3) is 5.06. The molecule has 3 rings (SSSR count). The molecule has 0 aliphatic carbocycles. The molecule has 1 aliphatic rings. The van der Waals surface area contributed by atoms with Crippen molar-refractivity contribution in [3.63, 3.8) is 0 Å². The Morgan fingerprint density at radius 2 is 1.74 bits per heavy atom. The van der Waals surface area contributed by atoms with Crippen LogP contribution in [-0.2, 0) is 11.0 Å². The summed E-state index contributed by atoms with van der Waals surface area (Å²) in [5.41, 5.74) is 4.74. The smallest absolute Gasteiger partial charge is 0.336 e. The van der Waals surface area contributed by atoms with Gasteiger partial charge < -0.3 is 15.4 Å². The van der Waals surface area contributed by atoms with Gasteiger partial charge in [-0.15, -0.1) is 0 Å². The van der Waals surface area contributed by atoms with Crippen LogP contribution in [0.1, 0.15) is 27.5 Å². The van der Waals surface area contributed by atoms with Crippen molar-refractivity contribution in [2.45, 2.75) is 18.3 Å². The predicted molar refractivity (Wildman–Crippen MR) is 107 cm³/mol. The molecular formula is C21H20ClF4N3O2. The SMILES string of the molecule is NC(C=O)C(c1ccccc1Cl)N1CCN(C(=O)c2cc(F)ccc2C(F)(F)F)CC1. The van der Waals surface area contributed by atoms with Gasteiger partial charge in [0, 0.05) is 31.2 Å². The first kappa shape index (κ1) is 23.2. The van der Waals surface area contributed by atoms with E-state index >= 15 is 0 Å². The fraction of sp³-hybridized carbons (Fsp3) is 0.333. The van der Waals surface area contributed by atoms with Crippen molar-refractivity contribution in [1.82, 2.24) is 9.80 Å². The maximum absolute atomic E-state index is 13.6. The van der Waals surface area contributed by atoms with Crippen molar-refractivity contribution < 1.29 is 27.2 Å². The van der Waals surface area contributed by atoms with E-state index in [9.17, 15) is 27.2 Å². The Balaban J connectivity index is 1.80. The Kier molecular flexibility index (Phi) is 6.98. The van der Waals surface area contributed by atoms with Crippen LogP contribution in [0.25, 0.3) is 0 Å². The van der Waals surface area contributed by atoms with Crippen LogP contribution in [0.5, 0.6) is 0 Å². The number of carbonyl (C=O) groups is 2. The molecule has 5 nitrogen and oxygen atoms in total. The number of nitrogens with two attached hydrogens (primary N) is 1. The van der Waals surface area contributed by atoms with E-state index in [0.29, 0.717) is 35.1 Å². The van der Waals surface area contributed by atoms with E-state index in [0.717, 1.165) is 0 Å². The average molecular weight is 458 g/mol. The van der Waals surface area contributed by atoms with Gasteiger partial charge in [-0.3, -0.25) is 9.69 Å². The summed E-state index contributed by atoms with van der Waals surface area (Å²) in [5.74, 6) is -1.83. The van der Waals surface area contributed by atoms with Crippen LogP contribution in [0.2, 0.25) is 5.02 Å². The van der Waals surface area contributed by atoms with Crippen LogP contribution >= 0.6 is 11.6 Å². The number of hydrogen-bond donors (Lipinski definition) is 1. The maximum atomic E-state index is 13.6. The molecule has 166 valence electrons. The number of halogens is 5. The Labute approximate surface area is 181 Å². The van der Waals surface area contributed by atoms with E-state index in [1.807, 2.05) is 4.90 Å². The van der Waals surface area contributed by atoms with Crippen LogP contribution < -0.4 is 5.73 Å². The van der Waals surface area contributed by atoms with Gasteiger partial charge in [-0.25, -0.2) is 4.39 Å². The molecule has 1 aliphatic heterocycles. The number of rotatable bonds is 5. The molecule has 10 heteroatoms. The second-order valence-electron chi connectivity index (χ2n) is 7.20. The molecule has 0 bridgehead atoms. The molecule has 1 fully saturated rings. The minimum atomic E-state index is -4.79. The molecule has 2 aromatic rings. The number of alkyl halides is 3. The first-order valence-electron chi connectivity index (χ1n) is 9.49. The second-order valence-corrected chi connectivity index (χ2v) is 7.60. The van der Waals surface area contributed by atoms with Crippen LogP contribution in [0.15, 0.2) is 42.5 Å². The Morgan fingerprint density at radius 3 is 2.32 bits per heavy atom. The van der Waals surface area contributed by atoms with Gasteiger partial charge in [-0.05, 0) is 29.8 Å². The van der Waals surface area contributed by atoms with Crippen molar-refractivity contribution in [2.75, 3.05) is 26.2 Å². The highest BCUT2D eigenvalue weighted by Gasteiger charge is 2.38. The lowest BCUT2D eigenvalue weighted by Crippen LogP contribution is -2.53. The highest BCUT2D eigenvalue weighted by molar-refractivity contribution is 6.31. The van der Waals surface area contributed by atoms with Crippen molar-refractivity contribution >= 4 is 23.8 Å². The Morgan fingerprint density at radius 1 is 1.10 bits per heavy atom. The Hall–Kier alpha value is -2.49. The molecule has 0 saturated carbocycles. The van der Waals surface area contributed by atoms with Gasteiger partial charge in [0.15, 0.2) is 0 Å². The molecule has 2 aromatic carbocycles. The van der Waals surface area contributed by atoms with Gasteiger partial charge in [-0.1, -0.05) is 29.8 Å². The van der Waals surface area contributed by atoms with Crippen LogP contribution in [0.3, 0.4) is 0 Å². The zero-order valence-corrected chi connectivity index (χ0v) is 17.0. The average Bonchev–Trinajstić information content (AvgIpc) is 2.74. The number of amides is 1. The zero-order valence-electron chi connectivity index (χ0n) is 16.3. The molecule has 2 N–H and O–H groups in total. The van der Waals surface area contributed by atoms with E-state index in [1.165, 1.54) is 4.90 Å². The van der Waals surface area contributed by atoms with Gasteiger partial charge in [0.2, 0.25) is 0 Å². The van der Waals surface area contributed by atoms with Crippen molar-refractivity contribution in [3.05, 3.63) is 70.0 Å². The molecule has 0 aromatic heterocycles. The molecule has 0 radical (unpaired) electrons. The van der Waals surface area contributed by atoms with Crippen LogP contribution in [-0.4, -0.2) is 54.2 Å². The topological polar surface area (TPSA) is 66.6 Å². The summed E-state index contributed by atoms with van der Waals surface area (Å²) < 4.78 is 53.4. The second kappa shape index (κ2) is 9.33. The van der Waals surface area contributed by atoms with E-state index < -0.39 is 41.1 Å². The molecule has 0 spiro atoms. The van der Waals surface area contributed by atoms with Crippen LogP contribution in [0.4, 0.5) is 17.6 Å². The van der Waals surface area contributed by atoms with Gasteiger partial charge in [-0.2, -0.15) is 13.2 Å². The van der Waals surface area contributed by atoms with Gasteiger partial charge >= 0.3 is 6.18 Å². The number of piperazine rings is 1. The minimum absolute atomic E-state index is 0.0825. The summed E-state index contributed by atoms with van der Waals surface area (Å²) in [6, 6.07) is 7.32. The first-order chi connectivity index (χ1) is 14.6. The molecule has 1 amide bonds. The van der Waals surface area contributed by atoms with Gasteiger partial charge in [0.05, 0.1) is 23.2 Å². The normalized spacial score (nSPS) is 17.3. The quantitative estimate of drug-likeness (QED) is 0.551. The third-order valence-electron chi connectivity index (χ3n) is 5.26. The van der Waals surface area contributed by atoms with Crippen molar-refractivity contribution in [3.8, 4) is 0 Å². The number of aldehydes is 1. The summed E-state index contributed by atoms with van der Waals surface area (Å²) in [5, 5.41) is 0.429. The highest BCUT2D eigenvalue weighted by atomic mass is 35.5. The summed E-state index contributed by atoms with van der Waals surface area (Å²) >= 11 is 6.27. The minimum Gasteiger partial charge on any atom is -0.336 e. The van der Waals surface area contributed by atoms with E-state index in [1.54, 1.807) is 24.3 Å². The molecular weight excluding hydrogens is 438 g/mol. The Bertz CT molecular complexity index is 962. The van der Waals surface area contributed by atoms with E-state index in [4.69, 9.17) is 17.3 Å². The highest BCUT2D eigenvalue weighted by Crippen LogP contribution is 2.34. The van der Waals surface area contributed by atoms with Gasteiger partial charge in [0.1, 0.15) is 12.1 Å². The number of hydrogen-bond acceptors (Lipinski definition) is 4. The number of carbonyl (C=O) groups excluding carboxylic acids is 2.